The monoisotopic (exact) mass is 413 g/mol. The van der Waals surface area contributed by atoms with Crippen molar-refractivity contribution in [3.63, 3.8) is 0 Å². The lowest BCUT2D eigenvalue weighted by Crippen LogP contribution is -2.32. The Hall–Kier alpha value is -2.12. The first-order valence-corrected chi connectivity index (χ1v) is 11.4. The van der Waals surface area contributed by atoms with Crippen LogP contribution in [0.1, 0.15) is 30.2 Å². The van der Waals surface area contributed by atoms with Gasteiger partial charge >= 0.3 is 0 Å². The van der Waals surface area contributed by atoms with E-state index in [-0.39, 0.29) is 17.2 Å². The molecule has 7 heteroatoms. The molecule has 2 heterocycles. The number of thioether (sulfide) groups is 1. The van der Waals surface area contributed by atoms with Crippen molar-refractivity contribution in [3.05, 3.63) is 51.1 Å². The van der Waals surface area contributed by atoms with Gasteiger partial charge in [-0.25, -0.2) is 4.98 Å². The molecule has 0 saturated heterocycles. The van der Waals surface area contributed by atoms with Crippen LogP contribution in [-0.2, 0) is 24.7 Å². The minimum atomic E-state index is 0.00903. The molecular weight excluding hydrogens is 390 g/mol. The SMILES string of the molecule is CCN(C(=O)CSc1nc2sc3c(c2c(=O)n1C)CCCC3)c1ccccc1. The van der Waals surface area contributed by atoms with E-state index < -0.39 is 0 Å². The number of carbonyl (C=O) groups excluding carboxylic acids is 1. The second-order valence-electron chi connectivity index (χ2n) is 6.91. The molecular formula is C21H23N3O2S2. The number of benzene rings is 1. The van der Waals surface area contributed by atoms with E-state index in [1.165, 1.54) is 28.6 Å². The molecule has 1 aromatic carbocycles. The summed E-state index contributed by atoms with van der Waals surface area (Å²) >= 11 is 2.98. The topological polar surface area (TPSA) is 55.2 Å². The van der Waals surface area contributed by atoms with Crippen molar-refractivity contribution < 1.29 is 4.79 Å². The number of rotatable bonds is 5. The Morgan fingerprint density at radius 2 is 2.00 bits per heavy atom. The molecule has 0 radical (unpaired) electrons. The average Bonchev–Trinajstić information content (AvgIpc) is 3.09. The molecule has 3 aromatic rings. The summed E-state index contributed by atoms with van der Waals surface area (Å²) in [5.74, 6) is 0.262. The summed E-state index contributed by atoms with van der Waals surface area (Å²) in [6.45, 7) is 2.57. The van der Waals surface area contributed by atoms with Crippen LogP contribution in [0.25, 0.3) is 10.2 Å². The summed E-state index contributed by atoms with van der Waals surface area (Å²) in [5, 5.41) is 1.39. The van der Waals surface area contributed by atoms with Crippen LogP contribution in [-0.4, -0.2) is 27.8 Å². The van der Waals surface area contributed by atoms with E-state index in [4.69, 9.17) is 4.98 Å². The molecule has 0 spiro atoms. The highest BCUT2D eigenvalue weighted by atomic mass is 32.2. The molecule has 0 unspecified atom stereocenters. The van der Waals surface area contributed by atoms with Crippen molar-refractivity contribution in [2.24, 2.45) is 7.05 Å². The Morgan fingerprint density at radius 1 is 1.25 bits per heavy atom. The van der Waals surface area contributed by atoms with Crippen LogP contribution in [0.2, 0.25) is 0 Å². The summed E-state index contributed by atoms with van der Waals surface area (Å²) in [6, 6.07) is 9.66. The number of thiophene rings is 1. The average molecular weight is 414 g/mol. The summed E-state index contributed by atoms with van der Waals surface area (Å²) < 4.78 is 1.60. The molecule has 1 amide bonds. The number of aryl methyl sites for hydroxylation is 2. The molecule has 0 bridgehead atoms. The van der Waals surface area contributed by atoms with Crippen LogP contribution >= 0.6 is 23.1 Å². The first-order chi connectivity index (χ1) is 13.6. The number of amides is 1. The highest BCUT2D eigenvalue weighted by Crippen LogP contribution is 2.34. The Balaban J connectivity index is 1.59. The molecule has 28 heavy (non-hydrogen) atoms. The first kappa shape index (κ1) is 19.2. The minimum Gasteiger partial charge on any atom is -0.312 e. The molecule has 2 aromatic heterocycles. The Bertz CT molecular complexity index is 1070. The van der Waals surface area contributed by atoms with Gasteiger partial charge in [-0.15, -0.1) is 11.3 Å². The van der Waals surface area contributed by atoms with Gasteiger partial charge in [-0.2, -0.15) is 0 Å². The van der Waals surface area contributed by atoms with E-state index in [2.05, 4.69) is 0 Å². The minimum absolute atomic E-state index is 0.00903. The lowest BCUT2D eigenvalue weighted by atomic mass is 9.97. The van der Waals surface area contributed by atoms with E-state index in [0.29, 0.717) is 11.7 Å². The molecule has 0 saturated carbocycles. The number of aromatic nitrogens is 2. The van der Waals surface area contributed by atoms with Gasteiger partial charge in [0.05, 0.1) is 11.1 Å². The number of hydrogen-bond acceptors (Lipinski definition) is 5. The van der Waals surface area contributed by atoms with E-state index in [0.717, 1.165) is 35.2 Å². The molecule has 146 valence electrons. The number of hydrogen-bond donors (Lipinski definition) is 0. The van der Waals surface area contributed by atoms with Gasteiger partial charge < -0.3 is 4.90 Å². The fourth-order valence-corrected chi connectivity index (χ4v) is 5.86. The van der Waals surface area contributed by atoms with Gasteiger partial charge in [0.1, 0.15) is 4.83 Å². The van der Waals surface area contributed by atoms with Crippen LogP contribution in [0.15, 0.2) is 40.3 Å². The molecule has 0 atom stereocenters. The Labute approximate surface area is 172 Å². The lowest BCUT2D eigenvalue weighted by molar-refractivity contribution is -0.116. The van der Waals surface area contributed by atoms with Crippen molar-refractivity contribution in [2.45, 2.75) is 37.8 Å². The van der Waals surface area contributed by atoms with Crippen LogP contribution in [0, 0.1) is 0 Å². The van der Waals surface area contributed by atoms with Crippen molar-refractivity contribution in [2.75, 3.05) is 17.2 Å². The van der Waals surface area contributed by atoms with Gasteiger partial charge in [-0.1, -0.05) is 30.0 Å². The van der Waals surface area contributed by atoms with Gasteiger partial charge in [0.2, 0.25) is 5.91 Å². The van der Waals surface area contributed by atoms with Crippen LogP contribution in [0.3, 0.4) is 0 Å². The van der Waals surface area contributed by atoms with Crippen molar-refractivity contribution >= 4 is 44.9 Å². The van der Waals surface area contributed by atoms with Gasteiger partial charge in [0, 0.05) is 24.2 Å². The molecule has 0 N–H and O–H groups in total. The van der Waals surface area contributed by atoms with Crippen LogP contribution in [0.4, 0.5) is 5.69 Å². The van der Waals surface area contributed by atoms with E-state index in [1.807, 2.05) is 37.3 Å². The number of anilines is 1. The largest absolute Gasteiger partial charge is 0.312 e. The van der Waals surface area contributed by atoms with Crippen LogP contribution in [0.5, 0.6) is 0 Å². The standard InChI is InChI=1S/C21H23N3O2S2/c1-3-24(14-9-5-4-6-10-14)17(25)13-27-21-22-19-18(20(26)23(21)2)15-11-7-8-12-16(15)28-19/h4-6,9-10H,3,7-8,11-13H2,1-2H3. The quantitative estimate of drug-likeness (QED) is 0.468. The zero-order valence-electron chi connectivity index (χ0n) is 16.1. The van der Waals surface area contributed by atoms with E-state index >= 15 is 0 Å². The first-order valence-electron chi connectivity index (χ1n) is 9.59. The fraction of sp³-hybridized carbons (Fsp3) is 0.381. The maximum atomic E-state index is 13.0. The summed E-state index contributed by atoms with van der Waals surface area (Å²) in [5.41, 5.74) is 2.10. The molecule has 1 aliphatic carbocycles. The lowest BCUT2D eigenvalue weighted by Gasteiger charge is -2.20. The maximum absolute atomic E-state index is 13.0. The van der Waals surface area contributed by atoms with Crippen molar-refractivity contribution in [1.29, 1.82) is 0 Å². The molecule has 1 aliphatic rings. The number of carbonyl (C=O) groups is 1. The highest BCUT2D eigenvalue weighted by Gasteiger charge is 2.22. The number of nitrogens with zero attached hydrogens (tertiary/aromatic N) is 3. The number of fused-ring (bicyclic) bond motifs is 3. The predicted octanol–water partition coefficient (Wildman–Crippen LogP) is 4.02. The third-order valence-electron chi connectivity index (χ3n) is 5.17. The molecule has 4 rings (SSSR count). The molecule has 5 nitrogen and oxygen atoms in total. The van der Waals surface area contributed by atoms with Gasteiger partial charge in [0.15, 0.2) is 5.16 Å². The highest BCUT2D eigenvalue weighted by molar-refractivity contribution is 7.99. The third-order valence-corrected chi connectivity index (χ3v) is 7.37. The van der Waals surface area contributed by atoms with Gasteiger partial charge in [0.25, 0.3) is 5.56 Å². The molecule has 0 fully saturated rings. The van der Waals surface area contributed by atoms with E-state index in [1.54, 1.807) is 27.9 Å². The zero-order valence-corrected chi connectivity index (χ0v) is 17.7. The zero-order chi connectivity index (χ0) is 19.7. The number of para-hydroxylation sites is 1. The smallest absolute Gasteiger partial charge is 0.262 e. The Morgan fingerprint density at radius 3 is 2.75 bits per heavy atom. The Kier molecular flexibility index (Phi) is 5.55. The predicted molar refractivity (Wildman–Crippen MR) is 117 cm³/mol. The van der Waals surface area contributed by atoms with Crippen molar-refractivity contribution in [1.82, 2.24) is 9.55 Å². The summed E-state index contributed by atoms with van der Waals surface area (Å²) in [6.07, 6.45) is 4.34. The van der Waals surface area contributed by atoms with Gasteiger partial charge in [-0.3, -0.25) is 14.2 Å². The summed E-state index contributed by atoms with van der Waals surface area (Å²) in [4.78, 5) is 34.4. The van der Waals surface area contributed by atoms with Crippen LogP contribution < -0.4 is 10.5 Å². The van der Waals surface area contributed by atoms with E-state index in [9.17, 15) is 9.59 Å². The fourth-order valence-electron chi connectivity index (χ4n) is 3.71. The van der Waals surface area contributed by atoms with Gasteiger partial charge in [-0.05, 0) is 50.3 Å². The maximum Gasteiger partial charge on any atom is 0.262 e. The second kappa shape index (κ2) is 8.09. The second-order valence-corrected chi connectivity index (χ2v) is 8.94. The summed E-state index contributed by atoms with van der Waals surface area (Å²) in [7, 11) is 1.75. The molecule has 0 aliphatic heterocycles. The van der Waals surface area contributed by atoms with Crippen molar-refractivity contribution in [3.8, 4) is 0 Å². The normalized spacial score (nSPS) is 13.5. The third kappa shape index (κ3) is 3.49.